The second-order valence-electron chi connectivity index (χ2n) is 4.59. The Labute approximate surface area is 125 Å². The molecular weight excluding hydrogens is 288 g/mol. The summed E-state index contributed by atoms with van der Waals surface area (Å²) in [6, 6.07) is 11.8. The average molecular weight is 302 g/mol. The molecule has 3 aromatic rings. The summed E-state index contributed by atoms with van der Waals surface area (Å²) in [6.07, 6.45) is 0. The van der Waals surface area contributed by atoms with Crippen LogP contribution in [-0.2, 0) is 0 Å². The van der Waals surface area contributed by atoms with Gasteiger partial charge in [0, 0.05) is 7.05 Å². The van der Waals surface area contributed by atoms with E-state index in [1.165, 1.54) is 11.3 Å². The van der Waals surface area contributed by atoms with Gasteiger partial charge in [-0.05, 0) is 30.5 Å². The number of carbonyl (C=O) groups is 1. The number of para-hydroxylation sites is 1. The van der Waals surface area contributed by atoms with Crippen LogP contribution in [-0.4, -0.2) is 22.8 Å². The van der Waals surface area contributed by atoms with E-state index in [0.717, 1.165) is 20.1 Å². The van der Waals surface area contributed by atoms with Crippen LogP contribution in [0.2, 0.25) is 0 Å². The van der Waals surface area contributed by atoms with E-state index in [1.54, 1.807) is 16.2 Å². The SMILES string of the molecule is CC(c1nc2ccccc2s1)N(C)C(=O)c1cccs1. The molecule has 102 valence electrons. The van der Waals surface area contributed by atoms with Crippen LogP contribution in [0.15, 0.2) is 41.8 Å². The zero-order valence-electron chi connectivity index (χ0n) is 11.2. The number of thiophene rings is 1. The van der Waals surface area contributed by atoms with Gasteiger partial charge in [0.05, 0.1) is 21.1 Å². The molecule has 1 amide bonds. The number of hydrogen-bond donors (Lipinski definition) is 0. The number of amides is 1. The number of rotatable bonds is 3. The zero-order valence-corrected chi connectivity index (χ0v) is 12.9. The first kappa shape index (κ1) is 13.3. The molecule has 0 aliphatic rings. The van der Waals surface area contributed by atoms with Crippen molar-refractivity contribution in [2.45, 2.75) is 13.0 Å². The van der Waals surface area contributed by atoms with Crippen LogP contribution in [0.1, 0.15) is 27.6 Å². The number of carbonyl (C=O) groups excluding carboxylic acids is 1. The number of thiazole rings is 1. The largest absolute Gasteiger partial charge is 0.332 e. The van der Waals surface area contributed by atoms with Gasteiger partial charge in [0.25, 0.3) is 5.91 Å². The summed E-state index contributed by atoms with van der Waals surface area (Å²) in [5, 5.41) is 2.89. The molecular formula is C15H14N2OS2. The Morgan fingerprint density at radius 1 is 1.25 bits per heavy atom. The Morgan fingerprint density at radius 3 is 2.75 bits per heavy atom. The van der Waals surface area contributed by atoms with Crippen molar-refractivity contribution in [2.24, 2.45) is 0 Å². The fourth-order valence-electron chi connectivity index (χ4n) is 1.98. The summed E-state index contributed by atoms with van der Waals surface area (Å²) in [7, 11) is 1.83. The fourth-order valence-corrected chi connectivity index (χ4v) is 3.75. The van der Waals surface area contributed by atoms with Crippen molar-refractivity contribution in [3.05, 3.63) is 51.7 Å². The smallest absolute Gasteiger partial charge is 0.264 e. The third-order valence-electron chi connectivity index (χ3n) is 3.30. The number of hydrogen-bond acceptors (Lipinski definition) is 4. The molecule has 3 rings (SSSR count). The van der Waals surface area contributed by atoms with Crippen LogP contribution < -0.4 is 0 Å². The predicted octanol–water partition coefficient (Wildman–Crippen LogP) is 4.19. The van der Waals surface area contributed by atoms with Crippen LogP contribution >= 0.6 is 22.7 Å². The van der Waals surface area contributed by atoms with Gasteiger partial charge >= 0.3 is 0 Å². The van der Waals surface area contributed by atoms with E-state index in [0.29, 0.717) is 0 Å². The predicted molar refractivity (Wildman–Crippen MR) is 84.4 cm³/mol. The minimum absolute atomic E-state index is 0.0259. The lowest BCUT2D eigenvalue weighted by Gasteiger charge is -2.22. The highest BCUT2D eigenvalue weighted by molar-refractivity contribution is 7.18. The van der Waals surface area contributed by atoms with E-state index in [1.807, 2.05) is 49.7 Å². The van der Waals surface area contributed by atoms with E-state index < -0.39 is 0 Å². The van der Waals surface area contributed by atoms with Crippen molar-refractivity contribution in [3.8, 4) is 0 Å². The summed E-state index contributed by atoms with van der Waals surface area (Å²) in [5.74, 6) is 0.0479. The van der Waals surface area contributed by atoms with Gasteiger partial charge in [-0.2, -0.15) is 0 Å². The van der Waals surface area contributed by atoms with Gasteiger partial charge in [0.15, 0.2) is 0 Å². The lowest BCUT2D eigenvalue weighted by atomic mass is 10.3. The first-order valence-corrected chi connectivity index (χ1v) is 8.02. The molecule has 0 aliphatic carbocycles. The summed E-state index contributed by atoms with van der Waals surface area (Å²) in [5.41, 5.74) is 0.997. The molecule has 1 aromatic carbocycles. The van der Waals surface area contributed by atoms with Crippen molar-refractivity contribution >= 4 is 38.8 Å². The van der Waals surface area contributed by atoms with Gasteiger partial charge in [-0.3, -0.25) is 4.79 Å². The first-order chi connectivity index (χ1) is 9.66. The average Bonchev–Trinajstić information content (AvgIpc) is 3.13. The van der Waals surface area contributed by atoms with Crippen LogP contribution in [0.5, 0.6) is 0 Å². The molecule has 3 nitrogen and oxygen atoms in total. The van der Waals surface area contributed by atoms with Crippen molar-refractivity contribution in [3.63, 3.8) is 0 Å². The standard InChI is InChI=1S/C15H14N2OS2/c1-10(17(2)15(18)13-8-5-9-19-13)14-16-11-6-3-4-7-12(11)20-14/h3-10H,1-2H3. The van der Waals surface area contributed by atoms with Gasteiger partial charge in [-0.1, -0.05) is 18.2 Å². The Morgan fingerprint density at radius 2 is 2.05 bits per heavy atom. The minimum atomic E-state index is -0.0259. The molecule has 20 heavy (non-hydrogen) atoms. The quantitative estimate of drug-likeness (QED) is 0.727. The Balaban J connectivity index is 1.87. The molecule has 0 spiro atoms. The van der Waals surface area contributed by atoms with Crippen LogP contribution in [0.25, 0.3) is 10.2 Å². The zero-order chi connectivity index (χ0) is 14.1. The molecule has 0 saturated carbocycles. The van der Waals surface area contributed by atoms with Crippen molar-refractivity contribution in [2.75, 3.05) is 7.05 Å². The summed E-state index contributed by atoms with van der Waals surface area (Å²) >= 11 is 3.12. The molecule has 2 aromatic heterocycles. The first-order valence-electron chi connectivity index (χ1n) is 6.33. The molecule has 5 heteroatoms. The van der Waals surface area contributed by atoms with Gasteiger partial charge in [0.2, 0.25) is 0 Å². The molecule has 0 N–H and O–H groups in total. The molecule has 1 unspecified atom stereocenters. The van der Waals surface area contributed by atoms with Crippen molar-refractivity contribution in [1.29, 1.82) is 0 Å². The van der Waals surface area contributed by atoms with E-state index in [9.17, 15) is 4.79 Å². The fraction of sp³-hybridized carbons (Fsp3) is 0.200. The van der Waals surface area contributed by atoms with Gasteiger partial charge in [-0.25, -0.2) is 4.98 Å². The minimum Gasteiger partial charge on any atom is -0.332 e. The Hall–Kier alpha value is -1.72. The number of nitrogens with zero attached hydrogens (tertiary/aromatic N) is 2. The topological polar surface area (TPSA) is 33.2 Å². The van der Waals surface area contributed by atoms with Crippen LogP contribution in [0.4, 0.5) is 0 Å². The van der Waals surface area contributed by atoms with Crippen LogP contribution in [0.3, 0.4) is 0 Å². The monoisotopic (exact) mass is 302 g/mol. The summed E-state index contributed by atoms with van der Waals surface area (Å²) < 4.78 is 1.16. The van der Waals surface area contributed by atoms with E-state index >= 15 is 0 Å². The molecule has 0 radical (unpaired) electrons. The molecule has 2 heterocycles. The van der Waals surface area contributed by atoms with Gasteiger partial charge in [-0.15, -0.1) is 22.7 Å². The summed E-state index contributed by atoms with van der Waals surface area (Å²) in [4.78, 5) is 19.5. The molecule has 0 aliphatic heterocycles. The van der Waals surface area contributed by atoms with E-state index in [2.05, 4.69) is 11.1 Å². The maximum Gasteiger partial charge on any atom is 0.264 e. The number of aromatic nitrogens is 1. The van der Waals surface area contributed by atoms with Crippen LogP contribution in [0, 0.1) is 0 Å². The Bertz CT molecular complexity index is 700. The highest BCUT2D eigenvalue weighted by atomic mass is 32.1. The second kappa shape index (κ2) is 5.34. The molecule has 0 saturated heterocycles. The highest BCUT2D eigenvalue weighted by Gasteiger charge is 2.22. The highest BCUT2D eigenvalue weighted by Crippen LogP contribution is 2.29. The lowest BCUT2D eigenvalue weighted by molar-refractivity contribution is 0.0747. The second-order valence-corrected chi connectivity index (χ2v) is 6.60. The lowest BCUT2D eigenvalue weighted by Crippen LogP contribution is -2.28. The van der Waals surface area contributed by atoms with E-state index in [4.69, 9.17) is 0 Å². The number of benzene rings is 1. The van der Waals surface area contributed by atoms with Crippen molar-refractivity contribution < 1.29 is 4.79 Å². The maximum absolute atomic E-state index is 12.3. The Kier molecular flexibility index (Phi) is 3.54. The molecule has 0 fully saturated rings. The third kappa shape index (κ3) is 2.34. The van der Waals surface area contributed by atoms with Gasteiger partial charge in [0.1, 0.15) is 5.01 Å². The van der Waals surface area contributed by atoms with Gasteiger partial charge < -0.3 is 4.90 Å². The normalized spacial score (nSPS) is 12.5. The van der Waals surface area contributed by atoms with E-state index in [-0.39, 0.29) is 11.9 Å². The van der Waals surface area contributed by atoms with Crippen molar-refractivity contribution in [1.82, 2.24) is 9.88 Å². The maximum atomic E-state index is 12.3. The molecule has 0 bridgehead atoms. The molecule has 1 atom stereocenters. The number of fused-ring (bicyclic) bond motifs is 1. The summed E-state index contributed by atoms with van der Waals surface area (Å²) in [6.45, 7) is 2.02. The third-order valence-corrected chi connectivity index (χ3v) is 5.37.